The van der Waals surface area contributed by atoms with E-state index in [2.05, 4.69) is 24.3 Å². The lowest BCUT2D eigenvalue weighted by molar-refractivity contribution is 0.411. The van der Waals surface area contributed by atoms with E-state index in [1.54, 1.807) is 19.2 Å². The van der Waals surface area contributed by atoms with E-state index in [0.29, 0.717) is 18.1 Å². The molecule has 0 aliphatic heterocycles. The molecule has 3 nitrogen and oxygen atoms in total. The number of phenols is 2. The molecule has 3 heteroatoms. The van der Waals surface area contributed by atoms with E-state index in [0.717, 1.165) is 41.7 Å². The van der Waals surface area contributed by atoms with Crippen LogP contribution in [0.2, 0.25) is 0 Å². The van der Waals surface area contributed by atoms with Gasteiger partial charge in [0.25, 0.3) is 0 Å². The van der Waals surface area contributed by atoms with Gasteiger partial charge in [0.1, 0.15) is 17.2 Å². The van der Waals surface area contributed by atoms with Gasteiger partial charge in [0.05, 0.1) is 7.11 Å². The van der Waals surface area contributed by atoms with Crippen LogP contribution in [0.1, 0.15) is 65.8 Å². The Bertz CT molecular complexity index is 968. The van der Waals surface area contributed by atoms with Crippen LogP contribution in [0.15, 0.2) is 60.7 Å². The fraction of sp³-hybridized carbons (Fsp3) is 0.333. The Labute approximate surface area is 179 Å². The van der Waals surface area contributed by atoms with Crippen molar-refractivity contribution >= 4 is 0 Å². The molecule has 4 rings (SSSR count). The maximum absolute atomic E-state index is 11.1. The molecule has 0 saturated heterocycles. The summed E-state index contributed by atoms with van der Waals surface area (Å²) < 4.78 is 5.28. The van der Waals surface area contributed by atoms with Gasteiger partial charge >= 0.3 is 0 Å². The molecule has 0 radical (unpaired) electrons. The van der Waals surface area contributed by atoms with Crippen molar-refractivity contribution < 1.29 is 14.9 Å². The molecule has 0 amide bonds. The second kappa shape index (κ2) is 9.25. The number of ether oxygens (including phenoxy) is 1. The molecule has 1 aliphatic rings. The van der Waals surface area contributed by atoms with E-state index in [4.69, 9.17) is 4.74 Å². The third-order valence-electron chi connectivity index (χ3n) is 6.22. The van der Waals surface area contributed by atoms with Crippen LogP contribution >= 0.6 is 0 Å². The van der Waals surface area contributed by atoms with E-state index in [-0.39, 0.29) is 5.75 Å². The molecule has 30 heavy (non-hydrogen) atoms. The molecular weight excluding hydrogens is 372 g/mol. The molecule has 3 aromatic carbocycles. The molecule has 1 aliphatic carbocycles. The molecule has 0 bridgehead atoms. The van der Waals surface area contributed by atoms with Crippen LogP contribution in [0.5, 0.6) is 17.2 Å². The fourth-order valence-corrected chi connectivity index (χ4v) is 4.56. The Balaban J connectivity index is 1.67. The summed E-state index contributed by atoms with van der Waals surface area (Å²) in [4.78, 5) is 0. The van der Waals surface area contributed by atoms with Gasteiger partial charge in [-0.25, -0.2) is 0 Å². The van der Waals surface area contributed by atoms with Gasteiger partial charge in [-0.1, -0.05) is 55.7 Å². The highest BCUT2D eigenvalue weighted by Gasteiger charge is 2.21. The van der Waals surface area contributed by atoms with E-state index >= 15 is 0 Å². The van der Waals surface area contributed by atoms with Gasteiger partial charge in [0.15, 0.2) is 0 Å². The first-order valence-corrected chi connectivity index (χ1v) is 10.9. The second-order valence-corrected chi connectivity index (χ2v) is 8.40. The molecule has 0 heterocycles. The predicted octanol–water partition coefficient (Wildman–Crippen LogP) is 6.34. The zero-order valence-corrected chi connectivity index (χ0v) is 17.6. The van der Waals surface area contributed by atoms with Crippen LogP contribution in [0.4, 0.5) is 0 Å². The van der Waals surface area contributed by atoms with Crippen molar-refractivity contribution in [2.75, 3.05) is 7.11 Å². The summed E-state index contributed by atoms with van der Waals surface area (Å²) in [6.45, 7) is 0. The maximum Gasteiger partial charge on any atom is 0.122 e. The highest BCUT2D eigenvalue weighted by molar-refractivity contribution is 5.49. The number of hydrogen-bond donors (Lipinski definition) is 2. The minimum atomic E-state index is 0.263. The average molecular weight is 403 g/mol. The Morgan fingerprint density at radius 2 is 1.40 bits per heavy atom. The van der Waals surface area contributed by atoms with Gasteiger partial charge in [-0.05, 0) is 77.3 Å². The Morgan fingerprint density at radius 1 is 0.767 bits per heavy atom. The lowest BCUT2D eigenvalue weighted by Crippen LogP contribution is -2.07. The zero-order valence-electron chi connectivity index (χ0n) is 17.6. The summed E-state index contributed by atoms with van der Waals surface area (Å²) in [6, 6.07) is 19.8. The minimum absolute atomic E-state index is 0.263. The van der Waals surface area contributed by atoms with Crippen molar-refractivity contribution in [1.82, 2.24) is 0 Å². The van der Waals surface area contributed by atoms with Crippen LogP contribution in [0, 0.1) is 0 Å². The summed E-state index contributed by atoms with van der Waals surface area (Å²) in [5.41, 5.74) is 5.61. The fourth-order valence-electron chi connectivity index (χ4n) is 4.56. The molecule has 1 fully saturated rings. The Kier molecular flexibility index (Phi) is 6.27. The highest BCUT2D eigenvalue weighted by Crippen LogP contribution is 2.40. The molecule has 0 aromatic heterocycles. The minimum Gasteiger partial charge on any atom is -0.508 e. The number of hydrogen-bond acceptors (Lipinski definition) is 3. The second-order valence-electron chi connectivity index (χ2n) is 8.40. The molecule has 0 atom stereocenters. The lowest BCUT2D eigenvalue weighted by atomic mass is 9.81. The third kappa shape index (κ3) is 4.79. The van der Waals surface area contributed by atoms with Crippen LogP contribution in [-0.4, -0.2) is 17.3 Å². The summed E-state index contributed by atoms with van der Waals surface area (Å²) in [5.74, 6) is 2.01. The molecular formula is C27H30O3. The van der Waals surface area contributed by atoms with Crippen LogP contribution in [0.25, 0.3) is 0 Å². The SMILES string of the molecule is COc1ccc(Cc2cc(Cc3ccc(O)cc3)c(O)c(C3CCCCC3)c2)cc1. The third-order valence-corrected chi connectivity index (χ3v) is 6.22. The molecule has 1 saturated carbocycles. The topological polar surface area (TPSA) is 49.7 Å². The Morgan fingerprint density at radius 3 is 2.07 bits per heavy atom. The van der Waals surface area contributed by atoms with E-state index < -0.39 is 0 Å². The van der Waals surface area contributed by atoms with Gasteiger partial charge in [-0.3, -0.25) is 0 Å². The average Bonchev–Trinajstić information content (AvgIpc) is 2.78. The number of phenolic OH excluding ortho intramolecular Hbond substituents is 2. The first-order chi connectivity index (χ1) is 14.6. The van der Waals surface area contributed by atoms with Crippen LogP contribution < -0.4 is 4.74 Å². The smallest absolute Gasteiger partial charge is 0.122 e. The monoisotopic (exact) mass is 402 g/mol. The summed E-state index contributed by atoms with van der Waals surface area (Å²) >= 11 is 0. The van der Waals surface area contributed by atoms with Crippen molar-refractivity contribution in [3.05, 3.63) is 88.5 Å². The Hall–Kier alpha value is -2.94. The van der Waals surface area contributed by atoms with Gasteiger partial charge in [0.2, 0.25) is 0 Å². The largest absolute Gasteiger partial charge is 0.508 e. The first kappa shape index (κ1) is 20.3. The lowest BCUT2D eigenvalue weighted by Gasteiger charge is -2.25. The van der Waals surface area contributed by atoms with Gasteiger partial charge in [0, 0.05) is 6.42 Å². The van der Waals surface area contributed by atoms with Crippen molar-refractivity contribution in [2.45, 2.75) is 50.9 Å². The normalized spacial score (nSPS) is 14.6. The van der Waals surface area contributed by atoms with Crippen LogP contribution in [0.3, 0.4) is 0 Å². The van der Waals surface area contributed by atoms with Crippen molar-refractivity contribution in [2.24, 2.45) is 0 Å². The summed E-state index contributed by atoms with van der Waals surface area (Å²) in [6.07, 6.45) is 7.55. The van der Waals surface area contributed by atoms with E-state index in [1.165, 1.54) is 30.4 Å². The summed E-state index contributed by atoms with van der Waals surface area (Å²) in [5, 5.41) is 20.7. The zero-order chi connectivity index (χ0) is 20.9. The quantitative estimate of drug-likeness (QED) is 0.506. The highest BCUT2D eigenvalue weighted by atomic mass is 16.5. The van der Waals surface area contributed by atoms with Gasteiger partial charge in [-0.2, -0.15) is 0 Å². The maximum atomic E-state index is 11.1. The van der Waals surface area contributed by atoms with Gasteiger partial charge < -0.3 is 14.9 Å². The van der Waals surface area contributed by atoms with Crippen molar-refractivity contribution in [3.8, 4) is 17.2 Å². The van der Waals surface area contributed by atoms with E-state index in [1.807, 2.05) is 24.3 Å². The molecule has 156 valence electrons. The number of methoxy groups -OCH3 is 1. The first-order valence-electron chi connectivity index (χ1n) is 10.9. The molecule has 2 N–H and O–H groups in total. The molecule has 0 spiro atoms. The number of benzene rings is 3. The predicted molar refractivity (Wildman–Crippen MR) is 121 cm³/mol. The number of rotatable bonds is 6. The van der Waals surface area contributed by atoms with Crippen molar-refractivity contribution in [1.29, 1.82) is 0 Å². The van der Waals surface area contributed by atoms with Crippen molar-refractivity contribution in [3.63, 3.8) is 0 Å². The van der Waals surface area contributed by atoms with Gasteiger partial charge in [-0.15, -0.1) is 0 Å². The summed E-state index contributed by atoms with van der Waals surface area (Å²) in [7, 11) is 1.68. The molecule has 3 aromatic rings. The number of aromatic hydroxyl groups is 2. The standard InChI is InChI=1S/C27H30O3/c1-30-25-13-9-19(10-14-25)15-21-17-23(16-20-7-11-24(28)12-8-20)27(29)26(18-21)22-5-3-2-4-6-22/h7-14,17-18,22,28-29H,2-6,15-16H2,1H3. The molecule has 0 unspecified atom stereocenters. The van der Waals surface area contributed by atoms with E-state index in [9.17, 15) is 10.2 Å². The van der Waals surface area contributed by atoms with Crippen LogP contribution in [-0.2, 0) is 12.8 Å².